The van der Waals surface area contributed by atoms with Gasteiger partial charge in [-0.15, -0.1) is 0 Å². The average Bonchev–Trinajstić information content (AvgIpc) is 3.49. The SMILES string of the molecule is O=C(CN1C(=O)C2C3C=CC(C3)C2C1=O)NCc1ccc(N2CCCC2)cc1. The van der Waals surface area contributed by atoms with Gasteiger partial charge in [0.05, 0.1) is 11.8 Å². The van der Waals surface area contributed by atoms with Crippen LogP contribution in [0.1, 0.15) is 24.8 Å². The van der Waals surface area contributed by atoms with Gasteiger partial charge in [0, 0.05) is 25.3 Å². The summed E-state index contributed by atoms with van der Waals surface area (Å²) in [6.45, 7) is 2.44. The first-order valence-electron chi connectivity index (χ1n) is 10.3. The van der Waals surface area contributed by atoms with E-state index < -0.39 is 0 Å². The van der Waals surface area contributed by atoms with Gasteiger partial charge in [-0.1, -0.05) is 24.3 Å². The Labute approximate surface area is 164 Å². The van der Waals surface area contributed by atoms with Crippen molar-refractivity contribution in [2.45, 2.75) is 25.8 Å². The van der Waals surface area contributed by atoms with Gasteiger partial charge in [0.1, 0.15) is 6.54 Å². The van der Waals surface area contributed by atoms with Gasteiger partial charge >= 0.3 is 0 Å². The number of nitrogens with zero attached hydrogens (tertiary/aromatic N) is 2. The molecule has 2 saturated heterocycles. The van der Waals surface area contributed by atoms with Gasteiger partial charge < -0.3 is 10.2 Å². The Kier molecular flexibility index (Phi) is 4.22. The normalized spacial score (nSPS) is 30.4. The quantitative estimate of drug-likeness (QED) is 0.625. The Morgan fingerprint density at radius 1 is 0.964 bits per heavy atom. The predicted octanol–water partition coefficient (Wildman–Crippen LogP) is 1.71. The van der Waals surface area contributed by atoms with E-state index in [1.54, 1.807) is 0 Å². The number of carbonyl (C=O) groups is 3. The van der Waals surface area contributed by atoms with Gasteiger partial charge in [-0.05, 0) is 48.8 Å². The van der Waals surface area contributed by atoms with Gasteiger partial charge in [-0.25, -0.2) is 0 Å². The fourth-order valence-electron chi connectivity index (χ4n) is 5.32. The molecule has 4 atom stereocenters. The third-order valence-electron chi connectivity index (χ3n) is 6.76. The number of amides is 3. The van der Waals surface area contributed by atoms with Crippen molar-refractivity contribution in [2.75, 3.05) is 24.5 Å². The highest BCUT2D eigenvalue weighted by atomic mass is 16.2. The number of carbonyl (C=O) groups excluding carboxylic acids is 3. The second-order valence-corrected chi connectivity index (χ2v) is 8.40. The van der Waals surface area contributed by atoms with E-state index in [4.69, 9.17) is 0 Å². The number of likely N-dealkylation sites (tertiary alicyclic amines) is 1. The molecule has 6 nitrogen and oxygen atoms in total. The summed E-state index contributed by atoms with van der Waals surface area (Å²) in [4.78, 5) is 41.2. The number of hydrogen-bond acceptors (Lipinski definition) is 4. The van der Waals surface area contributed by atoms with Crippen molar-refractivity contribution in [1.29, 1.82) is 0 Å². The van der Waals surface area contributed by atoms with Gasteiger partial charge in [-0.2, -0.15) is 0 Å². The molecule has 2 heterocycles. The highest BCUT2D eigenvalue weighted by molar-refractivity contribution is 6.08. The number of anilines is 1. The molecule has 0 spiro atoms. The molecule has 4 aliphatic rings. The van der Waals surface area contributed by atoms with Gasteiger partial charge in [0.15, 0.2) is 0 Å². The van der Waals surface area contributed by atoms with Gasteiger partial charge in [0.2, 0.25) is 17.7 Å². The second kappa shape index (κ2) is 6.76. The van der Waals surface area contributed by atoms with Crippen LogP contribution in [0.2, 0.25) is 0 Å². The zero-order chi connectivity index (χ0) is 19.3. The maximum atomic E-state index is 12.6. The van der Waals surface area contributed by atoms with Gasteiger partial charge in [0.25, 0.3) is 0 Å². The van der Waals surface area contributed by atoms with Crippen LogP contribution in [0.3, 0.4) is 0 Å². The molecule has 2 aliphatic heterocycles. The minimum Gasteiger partial charge on any atom is -0.372 e. The lowest BCUT2D eigenvalue weighted by atomic mass is 9.85. The monoisotopic (exact) mass is 379 g/mol. The molecule has 3 fully saturated rings. The molecular formula is C22H25N3O3. The van der Waals surface area contributed by atoms with Crippen molar-refractivity contribution in [3.05, 3.63) is 42.0 Å². The molecule has 1 aromatic rings. The van der Waals surface area contributed by atoms with E-state index in [2.05, 4.69) is 34.5 Å². The molecule has 1 saturated carbocycles. The van der Waals surface area contributed by atoms with E-state index in [1.807, 2.05) is 12.1 Å². The molecule has 6 heteroatoms. The zero-order valence-electron chi connectivity index (χ0n) is 15.8. The summed E-state index contributed by atoms with van der Waals surface area (Å²) >= 11 is 0. The molecule has 1 N–H and O–H groups in total. The maximum absolute atomic E-state index is 12.6. The lowest BCUT2D eigenvalue weighted by Crippen LogP contribution is -2.41. The fraction of sp³-hybridized carbons (Fsp3) is 0.500. The number of benzene rings is 1. The predicted molar refractivity (Wildman–Crippen MR) is 104 cm³/mol. The summed E-state index contributed by atoms with van der Waals surface area (Å²) in [6.07, 6.45) is 7.51. The lowest BCUT2D eigenvalue weighted by molar-refractivity contribution is -0.144. The molecule has 3 amide bonds. The van der Waals surface area contributed by atoms with Crippen molar-refractivity contribution in [3.8, 4) is 0 Å². The number of hydrogen-bond donors (Lipinski definition) is 1. The van der Waals surface area contributed by atoms with E-state index in [0.29, 0.717) is 6.54 Å². The molecular weight excluding hydrogens is 354 g/mol. The van der Waals surface area contributed by atoms with Crippen molar-refractivity contribution < 1.29 is 14.4 Å². The molecule has 146 valence electrons. The maximum Gasteiger partial charge on any atom is 0.240 e. The van der Waals surface area contributed by atoms with Crippen molar-refractivity contribution >= 4 is 23.4 Å². The number of rotatable bonds is 5. The Bertz CT molecular complexity index is 811. The summed E-state index contributed by atoms with van der Waals surface area (Å²) < 4.78 is 0. The third kappa shape index (κ3) is 2.82. The molecule has 0 radical (unpaired) electrons. The van der Waals surface area contributed by atoms with E-state index in [0.717, 1.165) is 25.1 Å². The molecule has 0 aromatic heterocycles. The Balaban J connectivity index is 1.16. The van der Waals surface area contributed by atoms with E-state index in [1.165, 1.54) is 23.4 Å². The van der Waals surface area contributed by atoms with Crippen LogP contribution in [0.25, 0.3) is 0 Å². The first-order chi connectivity index (χ1) is 13.6. The summed E-state index contributed by atoms with van der Waals surface area (Å²) in [6, 6.07) is 8.22. The zero-order valence-corrected chi connectivity index (χ0v) is 15.8. The van der Waals surface area contributed by atoms with Crippen LogP contribution >= 0.6 is 0 Å². The minimum absolute atomic E-state index is 0.169. The van der Waals surface area contributed by atoms with Gasteiger partial charge in [-0.3, -0.25) is 19.3 Å². The number of allylic oxidation sites excluding steroid dienone is 2. The van der Waals surface area contributed by atoms with Crippen LogP contribution in [-0.2, 0) is 20.9 Å². The highest BCUT2D eigenvalue weighted by Crippen LogP contribution is 2.52. The second-order valence-electron chi connectivity index (χ2n) is 8.40. The van der Waals surface area contributed by atoms with Crippen LogP contribution in [0.4, 0.5) is 5.69 Å². The Morgan fingerprint density at radius 3 is 2.18 bits per heavy atom. The number of fused-ring (bicyclic) bond motifs is 5. The van der Waals surface area contributed by atoms with E-state index in [-0.39, 0.29) is 47.9 Å². The van der Waals surface area contributed by atoms with Crippen LogP contribution < -0.4 is 10.2 Å². The van der Waals surface area contributed by atoms with Crippen LogP contribution in [0.15, 0.2) is 36.4 Å². The van der Waals surface area contributed by atoms with Crippen molar-refractivity contribution in [1.82, 2.24) is 10.2 Å². The topological polar surface area (TPSA) is 69.7 Å². The summed E-state index contributed by atoms with van der Waals surface area (Å²) in [5.74, 6) is -0.760. The fourth-order valence-corrected chi connectivity index (χ4v) is 5.32. The molecule has 4 unspecified atom stereocenters. The average molecular weight is 379 g/mol. The summed E-state index contributed by atoms with van der Waals surface area (Å²) in [5, 5.41) is 2.85. The van der Waals surface area contributed by atoms with Crippen LogP contribution in [0, 0.1) is 23.7 Å². The van der Waals surface area contributed by atoms with Crippen molar-refractivity contribution in [3.63, 3.8) is 0 Å². The van der Waals surface area contributed by atoms with Crippen LogP contribution in [-0.4, -0.2) is 42.3 Å². The molecule has 28 heavy (non-hydrogen) atoms. The first kappa shape index (κ1) is 17.5. The largest absolute Gasteiger partial charge is 0.372 e. The smallest absolute Gasteiger partial charge is 0.240 e. The Hall–Kier alpha value is -2.63. The number of nitrogens with one attached hydrogen (secondary N) is 1. The minimum atomic E-state index is -0.286. The molecule has 2 aliphatic carbocycles. The third-order valence-corrected chi connectivity index (χ3v) is 6.76. The standard InChI is InChI=1S/C22H25N3O3/c26-18(23-12-14-3-7-17(8-4-14)24-9-1-2-10-24)13-25-21(27)19-15-5-6-16(11-15)20(19)22(25)28/h3-8,15-16,19-20H,1-2,9-13H2,(H,23,26). The molecule has 5 rings (SSSR count). The Morgan fingerprint density at radius 2 is 1.57 bits per heavy atom. The van der Waals surface area contributed by atoms with E-state index >= 15 is 0 Å². The van der Waals surface area contributed by atoms with E-state index in [9.17, 15) is 14.4 Å². The van der Waals surface area contributed by atoms with Crippen LogP contribution in [0.5, 0.6) is 0 Å². The molecule has 2 bridgehead atoms. The molecule has 1 aromatic carbocycles. The summed E-state index contributed by atoms with van der Waals surface area (Å²) in [5.41, 5.74) is 2.23. The summed E-state index contributed by atoms with van der Waals surface area (Å²) in [7, 11) is 0. The first-order valence-corrected chi connectivity index (χ1v) is 10.3. The number of imide groups is 1. The lowest BCUT2D eigenvalue weighted by Gasteiger charge is -2.18. The highest BCUT2D eigenvalue weighted by Gasteiger charge is 2.59. The van der Waals surface area contributed by atoms with Crippen molar-refractivity contribution in [2.24, 2.45) is 23.7 Å².